The molecule has 0 atom stereocenters. The fourth-order valence-electron chi connectivity index (χ4n) is 1.63. The zero-order chi connectivity index (χ0) is 12.8. The maximum atomic E-state index is 5.46. The summed E-state index contributed by atoms with van der Waals surface area (Å²) in [5, 5.41) is 3.19. The molecule has 94 valence electrons. The molecule has 4 nitrogen and oxygen atoms in total. The van der Waals surface area contributed by atoms with Crippen LogP contribution in [0, 0.1) is 6.92 Å². The first-order valence-electron chi connectivity index (χ1n) is 6.03. The van der Waals surface area contributed by atoms with Gasteiger partial charge in [0, 0.05) is 18.4 Å². The molecule has 0 aliphatic heterocycles. The van der Waals surface area contributed by atoms with Crippen LogP contribution >= 0.6 is 0 Å². The minimum absolute atomic E-state index is 0.650. The molecule has 0 radical (unpaired) electrons. The summed E-state index contributed by atoms with van der Waals surface area (Å²) in [5.74, 6) is 1.54. The molecule has 0 saturated heterocycles. The lowest BCUT2D eigenvalue weighted by atomic mass is 10.2. The van der Waals surface area contributed by atoms with Crippen LogP contribution in [-0.4, -0.2) is 16.6 Å². The molecule has 1 aromatic heterocycles. The van der Waals surface area contributed by atoms with E-state index in [4.69, 9.17) is 4.74 Å². The lowest BCUT2D eigenvalue weighted by Gasteiger charge is -2.07. The van der Waals surface area contributed by atoms with Crippen molar-refractivity contribution in [2.75, 3.05) is 11.9 Å². The van der Waals surface area contributed by atoms with E-state index < -0.39 is 0 Å². The molecule has 1 heterocycles. The van der Waals surface area contributed by atoms with Crippen molar-refractivity contribution in [3.8, 4) is 5.75 Å². The van der Waals surface area contributed by atoms with Crippen molar-refractivity contribution in [3.63, 3.8) is 0 Å². The van der Waals surface area contributed by atoms with E-state index in [1.807, 2.05) is 44.2 Å². The van der Waals surface area contributed by atoms with Crippen LogP contribution in [-0.2, 0) is 6.54 Å². The molecule has 0 amide bonds. The van der Waals surface area contributed by atoms with E-state index in [1.165, 1.54) is 0 Å². The molecule has 0 bridgehead atoms. The third kappa shape index (κ3) is 3.45. The minimum Gasteiger partial charge on any atom is -0.494 e. The Morgan fingerprint density at radius 3 is 2.94 bits per heavy atom. The van der Waals surface area contributed by atoms with Crippen LogP contribution in [0.2, 0.25) is 0 Å². The summed E-state index contributed by atoms with van der Waals surface area (Å²) in [4.78, 5) is 8.45. The van der Waals surface area contributed by atoms with Gasteiger partial charge in [0.25, 0.3) is 0 Å². The SMILES string of the molecule is CCOc1cccc(CNc2nccc(C)n2)c1. The highest BCUT2D eigenvalue weighted by Gasteiger charge is 1.99. The van der Waals surface area contributed by atoms with E-state index in [9.17, 15) is 0 Å². The summed E-state index contributed by atoms with van der Waals surface area (Å²) >= 11 is 0. The Morgan fingerprint density at radius 1 is 1.28 bits per heavy atom. The third-order valence-corrected chi connectivity index (χ3v) is 2.45. The molecular formula is C14H17N3O. The largest absolute Gasteiger partial charge is 0.494 e. The summed E-state index contributed by atoms with van der Waals surface area (Å²) in [6, 6.07) is 9.88. The maximum absolute atomic E-state index is 5.46. The van der Waals surface area contributed by atoms with Gasteiger partial charge in [-0.05, 0) is 37.6 Å². The number of nitrogens with zero attached hydrogens (tertiary/aromatic N) is 2. The second-order valence-corrected chi connectivity index (χ2v) is 3.96. The van der Waals surface area contributed by atoms with Crippen LogP contribution in [0.15, 0.2) is 36.5 Å². The van der Waals surface area contributed by atoms with E-state index >= 15 is 0 Å². The van der Waals surface area contributed by atoms with E-state index in [2.05, 4.69) is 15.3 Å². The number of aryl methyl sites for hydroxylation is 1. The highest BCUT2D eigenvalue weighted by Crippen LogP contribution is 2.14. The molecule has 2 aromatic rings. The number of nitrogens with one attached hydrogen (secondary N) is 1. The van der Waals surface area contributed by atoms with Crippen molar-refractivity contribution >= 4 is 5.95 Å². The molecule has 0 saturated carbocycles. The Hall–Kier alpha value is -2.10. The molecule has 18 heavy (non-hydrogen) atoms. The number of aromatic nitrogens is 2. The molecule has 0 unspecified atom stereocenters. The van der Waals surface area contributed by atoms with Gasteiger partial charge in [-0.15, -0.1) is 0 Å². The van der Waals surface area contributed by atoms with Crippen LogP contribution in [0.25, 0.3) is 0 Å². The van der Waals surface area contributed by atoms with E-state index in [1.54, 1.807) is 6.20 Å². The molecule has 0 spiro atoms. The Labute approximate surface area is 107 Å². The smallest absolute Gasteiger partial charge is 0.223 e. The first-order valence-corrected chi connectivity index (χ1v) is 6.03. The topological polar surface area (TPSA) is 47.0 Å². The van der Waals surface area contributed by atoms with Gasteiger partial charge in [-0.3, -0.25) is 0 Å². The zero-order valence-corrected chi connectivity index (χ0v) is 10.7. The second-order valence-electron chi connectivity index (χ2n) is 3.96. The van der Waals surface area contributed by atoms with Crippen molar-refractivity contribution in [3.05, 3.63) is 47.8 Å². The minimum atomic E-state index is 0.650. The average Bonchev–Trinajstić information content (AvgIpc) is 2.37. The highest BCUT2D eigenvalue weighted by atomic mass is 16.5. The Balaban J connectivity index is 1.99. The molecule has 2 rings (SSSR count). The fourth-order valence-corrected chi connectivity index (χ4v) is 1.63. The van der Waals surface area contributed by atoms with Gasteiger partial charge in [0.1, 0.15) is 5.75 Å². The van der Waals surface area contributed by atoms with Crippen LogP contribution in [0.4, 0.5) is 5.95 Å². The van der Waals surface area contributed by atoms with Gasteiger partial charge in [0.05, 0.1) is 6.61 Å². The van der Waals surface area contributed by atoms with Gasteiger partial charge in [-0.2, -0.15) is 0 Å². The van der Waals surface area contributed by atoms with Crippen molar-refractivity contribution in [1.29, 1.82) is 0 Å². The first-order chi connectivity index (χ1) is 8.78. The number of hydrogen-bond donors (Lipinski definition) is 1. The molecule has 0 aliphatic rings. The first kappa shape index (κ1) is 12.4. The summed E-state index contributed by atoms with van der Waals surface area (Å²) in [6.07, 6.45) is 1.75. The van der Waals surface area contributed by atoms with Gasteiger partial charge < -0.3 is 10.1 Å². The van der Waals surface area contributed by atoms with Crippen molar-refractivity contribution in [1.82, 2.24) is 9.97 Å². The maximum Gasteiger partial charge on any atom is 0.223 e. The standard InChI is InChI=1S/C14H17N3O/c1-3-18-13-6-4-5-12(9-13)10-16-14-15-8-7-11(2)17-14/h4-9H,3,10H2,1-2H3,(H,15,16,17). The molecule has 4 heteroatoms. The van der Waals surface area contributed by atoms with E-state index in [-0.39, 0.29) is 0 Å². The fraction of sp³-hybridized carbons (Fsp3) is 0.286. The molecule has 1 aromatic carbocycles. The Kier molecular flexibility index (Phi) is 4.12. The van der Waals surface area contributed by atoms with Gasteiger partial charge in [-0.25, -0.2) is 9.97 Å². The number of anilines is 1. The van der Waals surface area contributed by atoms with Gasteiger partial charge in [0.2, 0.25) is 5.95 Å². The monoisotopic (exact) mass is 243 g/mol. The van der Waals surface area contributed by atoms with Crippen LogP contribution in [0.3, 0.4) is 0 Å². The van der Waals surface area contributed by atoms with Crippen molar-refractivity contribution < 1.29 is 4.74 Å². The predicted molar refractivity (Wildman–Crippen MR) is 71.7 cm³/mol. The average molecular weight is 243 g/mol. The summed E-state index contributed by atoms with van der Waals surface area (Å²) in [6.45, 7) is 5.29. The van der Waals surface area contributed by atoms with Gasteiger partial charge in [-0.1, -0.05) is 12.1 Å². The lowest BCUT2D eigenvalue weighted by molar-refractivity contribution is 0.340. The second kappa shape index (κ2) is 6.00. The number of rotatable bonds is 5. The van der Waals surface area contributed by atoms with Gasteiger partial charge >= 0.3 is 0 Å². The molecule has 0 fully saturated rings. The van der Waals surface area contributed by atoms with Crippen molar-refractivity contribution in [2.24, 2.45) is 0 Å². The summed E-state index contributed by atoms with van der Waals surface area (Å²) < 4.78 is 5.46. The number of ether oxygens (including phenoxy) is 1. The predicted octanol–water partition coefficient (Wildman–Crippen LogP) is 2.80. The molecular weight excluding hydrogens is 226 g/mol. The number of benzene rings is 1. The quantitative estimate of drug-likeness (QED) is 0.877. The van der Waals surface area contributed by atoms with Crippen LogP contribution < -0.4 is 10.1 Å². The lowest BCUT2D eigenvalue weighted by Crippen LogP contribution is -2.04. The normalized spacial score (nSPS) is 10.1. The zero-order valence-electron chi connectivity index (χ0n) is 10.7. The van der Waals surface area contributed by atoms with Gasteiger partial charge in [0.15, 0.2) is 0 Å². The Bertz CT molecular complexity index is 514. The van der Waals surface area contributed by atoms with Crippen LogP contribution in [0.5, 0.6) is 5.75 Å². The van der Waals surface area contributed by atoms with E-state index in [0.29, 0.717) is 19.1 Å². The molecule has 1 N–H and O–H groups in total. The molecule has 0 aliphatic carbocycles. The summed E-state index contributed by atoms with van der Waals surface area (Å²) in [7, 11) is 0. The number of hydrogen-bond acceptors (Lipinski definition) is 4. The van der Waals surface area contributed by atoms with E-state index in [0.717, 1.165) is 17.0 Å². The van der Waals surface area contributed by atoms with Crippen molar-refractivity contribution in [2.45, 2.75) is 20.4 Å². The Morgan fingerprint density at radius 2 is 2.17 bits per heavy atom. The summed E-state index contributed by atoms with van der Waals surface area (Å²) in [5.41, 5.74) is 2.10. The highest BCUT2D eigenvalue weighted by molar-refractivity contribution is 5.32. The third-order valence-electron chi connectivity index (χ3n) is 2.45. The van der Waals surface area contributed by atoms with Crippen LogP contribution in [0.1, 0.15) is 18.2 Å².